The predicted octanol–water partition coefficient (Wildman–Crippen LogP) is 3.73. The van der Waals surface area contributed by atoms with Crippen molar-refractivity contribution in [2.24, 2.45) is 0 Å². The molecule has 88 valence electrons. The summed E-state index contributed by atoms with van der Waals surface area (Å²) < 4.78 is 1.04. The topological polar surface area (TPSA) is 37.8 Å². The largest absolute Gasteiger partial charge is 0.354 e. The number of nitrogens with one attached hydrogen (secondary N) is 1. The van der Waals surface area contributed by atoms with E-state index in [2.05, 4.69) is 38.1 Å². The first-order valence-corrected chi connectivity index (χ1v) is 6.42. The highest BCUT2D eigenvalue weighted by Gasteiger charge is 2.04. The van der Waals surface area contributed by atoms with E-state index < -0.39 is 0 Å². The Kier molecular flexibility index (Phi) is 4.09. The SMILES string of the molecule is CCCNc1nccc(-c2ccccc2Br)n1. The number of halogens is 1. The Bertz CT molecular complexity index is 500. The van der Waals surface area contributed by atoms with Gasteiger partial charge in [0.2, 0.25) is 5.95 Å². The van der Waals surface area contributed by atoms with Crippen molar-refractivity contribution < 1.29 is 0 Å². The van der Waals surface area contributed by atoms with Gasteiger partial charge in [-0.2, -0.15) is 0 Å². The molecular formula is C13H14BrN3. The van der Waals surface area contributed by atoms with Gasteiger partial charge in [0.15, 0.2) is 0 Å². The number of hydrogen-bond acceptors (Lipinski definition) is 3. The molecule has 0 amide bonds. The Balaban J connectivity index is 2.30. The van der Waals surface area contributed by atoms with Crippen LogP contribution >= 0.6 is 15.9 Å². The molecule has 3 nitrogen and oxygen atoms in total. The number of aromatic nitrogens is 2. The van der Waals surface area contributed by atoms with Gasteiger partial charge in [0, 0.05) is 22.8 Å². The van der Waals surface area contributed by atoms with E-state index >= 15 is 0 Å². The second kappa shape index (κ2) is 5.77. The quantitative estimate of drug-likeness (QED) is 0.933. The van der Waals surface area contributed by atoms with Crippen LogP contribution in [0, 0.1) is 0 Å². The summed E-state index contributed by atoms with van der Waals surface area (Å²) in [5.41, 5.74) is 2.00. The van der Waals surface area contributed by atoms with Crippen molar-refractivity contribution in [3.63, 3.8) is 0 Å². The molecule has 0 unspecified atom stereocenters. The summed E-state index contributed by atoms with van der Waals surface area (Å²) in [4.78, 5) is 8.68. The standard InChI is InChI=1S/C13H14BrN3/c1-2-8-15-13-16-9-7-12(17-13)10-5-3-4-6-11(10)14/h3-7,9H,2,8H2,1H3,(H,15,16,17). The number of benzene rings is 1. The minimum atomic E-state index is 0.681. The maximum absolute atomic E-state index is 4.49. The number of hydrogen-bond donors (Lipinski definition) is 1. The van der Waals surface area contributed by atoms with Crippen LogP contribution in [-0.4, -0.2) is 16.5 Å². The molecule has 1 N–H and O–H groups in total. The normalized spacial score (nSPS) is 10.2. The highest BCUT2D eigenvalue weighted by Crippen LogP contribution is 2.26. The Morgan fingerprint density at radius 3 is 2.82 bits per heavy atom. The molecule has 4 heteroatoms. The molecule has 0 fully saturated rings. The summed E-state index contributed by atoms with van der Waals surface area (Å²) >= 11 is 3.53. The van der Waals surface area contributed by atoms with E-state index in [9.17, 15) is 0 Å². The van der Waals surface area contributed by atoms with Gasteiger partial charge in [-0.25, -0.2) is 9.97 Å². The van der Waals surface area contributed by atoms with Crippen LogP contribution in [0.2, 0.25) is 0 Å². The van der Waals surface area contributed by atoms with Gasteiger partial charge < -0.3 is 5.32 Å². The average molecular weight is 292 g/mol. The average Bonchev–Trinajstić information content (AvgIpc) is 2.37. The first-order chi connectivity index (χ1) is 8.31. The number of anilines is 1. The summed E-state index contributed by atoms with van der Waals surface area (Å²) in [7, 11) is 0. The van der Waals surface area contributed by atoms with Gasteiger partial charge in [0.1, 0.15) is 0 Å². The van der Waals surface area contributed by atoms with Gasteiger partial charge in [-0.05, 0) is 18.6 Å². The third kappa shape index (κ3) is 3.03. The molecule has 0 spiro atoms. The van der Waals surface area contributed by atoms with E-state index in [0.717, 1.165) is 28.7 Å². The Morgan fingerprint density at radius 2 is 2.06 bits per heavy atom. The highest BCUT2D eigenvalue weighted by atomic mass is 79.9. The first-order valence-electron chi connectivity index (χ1n) is 5.63. The zero-order valence-electron chi connectivity index (χ0n) is 9.65. The lowest BCUT2D eigenvalue weighted by Crippen LogP contribution is -2.04. The molecule has 0 radical (unpaired) electrons. The van der Waals surface area contributed by atoms with Crippen LogP contribution < -0.4 is 5.32 Å². The van der Waals surface area contributed by atoms with Crippen LogP contribution in [0.1, 0.15) is 13.3 Å². The molecule has 0 aliphatic carbocycles. The molecule has 0 bridgehead atoms. The van der Waals surface area contributed by atoms with Gasteiger partial charge >= 0.3 is 0 Å². The molecule has 1 aromatic carbocycles. The van der Waals surface area contributed by atoms with E-state index in [1.807, 2.05) is 30.3 Å². The number of rotatable bonds is 4. The van der Waals surface area contributed by atoms with Crippen molar-refractivity contribution >= 4 is 21.9 Å². The fraction of sp³-hybridized carbons (Fsp3) is 0.231. The maximum Gasteiger partial charge on any atom is 0.223 e. The number of nitrogens with zero attached hydrogens (tertiary/aromatic N) is 2. The van der Waals surface area contributed by atoms with Crippen LogP contribution in [0.15, 0.2) is 41.0 Å². The van der Waals surface area contributed by atoms with Crippen molar-refractivity contribution in [3.05, 3.63) is 41.0 Å². The lowest BCUT2D eigenvalue weighted by Gasteiger charge is -2.06. The second-order valence-corrected chi connectivity index (χ2v) is 4.53. The van der Waals surface area contributed by atoms with Gasteiger partial charge in [-0.15, -0.1) is 0 Å². The molecule has 17 heavy (non-hydrogen) atoms. The lowest BCUT2D eigenvalue weighted by molar-refractivity contribution is 0.953. The molecular weight excluding hydrogens is 278 g/mol. The minimum absolute atomic E-state index is 0.681. The molecule has 0 saturated carbocycles. The summed E-state index contributed by atoms with van der Waals surface area (Å²) in [5.74, 6) is 0.681. The lowest BCUT2D eigenvalue weighted by atomic mass is 10.1. The summed E-state index contributed by atoms with van der Waals surface area (Å²) in [6, 6.07) is 9.95. The van der Waals surface area contributed by atoms with E-state index in [0.29, 0.717) is 5.95 Å². The summed E-state index contributed by atoms with van der Waals surface area (Å²) in [6.45, 7) is 3.00. The van der Waals surface area contributed by atoms with Crippen molar-refractivity contribution in [2.75, 3.05) is 11.9 Å². The third-order valence-corrected chi connectivity index (χ3v) is 3.03. The van der Waals surface area contributed by atoms with Crippen LogP contribution in [0.3, 0.4) is 0 Å². The highest BCUT2D eigenvalue weighted by molar-refractivity contribution is 9.10. The fourth-order valence-corrected chi connectivity index (χ4v) is 1.99. The van der Waals surface area contributed by atoms with Crippen LogP contribution in [-0.2, 0) is 0 Å². The van der Waals surface area contributed by atoms with Gasteiger partial charge in [0.05, 0.1) is 5.69 Å². The molecule has 2 aromatic rings. The molecule has 0 aliphatic heterocycles. The van der Waals surface area contributed by atoms with Gasteiger partial charge in [-0.1, -0.05) is 41.1 Å². The van der Waals surface area contributed by atoms with Crippen molar-refractivity contribution in [1.29, 1.82) is 0 Å². The van der Waals surface area contributed by atoms with Crippen molar-refractivity contribution in [1.82, 2.24) is 9.97 Å². The molecule has 2 rings (SSSR count). The van der Waals surface area contributed by atoms with E-state index in [-0.39, 0.29) is 0 Å². The molecule has 0 saturated heterocycles. The molecule has 1 aromatic heterocycles. The molecule has 0 aliphatic rings. The Morgan fingerprint density at radius 1 is 1.24 bits per heavy atom. The fourth-order valence-electron chi connectivity index (χ4n) is 1.50. The predicted molar refractivity (Wildman–Crippen MR) is 73.9 cm³/mol. The van der Waals surface area contributed by atoms with Crippen molar-refractivity contribution in [3.8, 4) is 11.3 Å². The summed E-state index contributed by atoms with van der Waals surface area (Å²) in [5, 5.41) is 3.19. The zero-order valence-corrected chi connectivity index (χ0v) is 11.2. The Hall–Kier alpha value is -1.42. The smallest absolute Gasteiger partial charge is 0.223 e. The van der Waals surface area contributed by atoms with E-state index in [1.165, 1.54) is 0 Å². The monoisotopic (exact) mass is 291 g/mol. The minimum Gasteiger partial charge on any atom is -0.354 e. The van der Waals surface area contributed by atoms with Crippen LogP contribution in [0.5, 0.6) is 0 Å². The van der Waals surface area contributed by atoms with Gasteiger partial charge in [0.25, 0.3) is 0 Å². The maximum atomic E-state index is 4.49. The van der Waals surface area contributed by atoms with E-state index in [4.69, 9.17) is 0 Å². The zero-order chi connectivity index (χ0) is 12.1. The third-order valence-electron chi connectivity index (χ3n) is 2.34. The summed E-state index contributed by atoms with van der Waals surface area (Å²) in [6.07, 6.45) is 2.84. The second-order valence-electron chi connectivity index (χ2n) is 3.67. The van der Waals surface area contributed by atoms with E-state index in [1.54, 1.807) is 6.20 Å². The molecule has 1 heterocycles. The van der Waals surface area contributed by atoms with Crippen LogP contribution in [0.4, 0.5) is 5.95 Å². The first kappa shape index (κ1) is 12.0. The van der Waals surface area contributed by atoms with Gasteiger partial charge in [-0.3, -0.25) is 0 Å². The van der Waals surface area contributed by atoms with Crippen LogP contribution in [0.25, 0.3) is 11.3 Å². The Labute approximate surface area is 109 Å². The molecule has 0 atom stereocenters. The van der Waals surface area contributed by atoms with Crippen molar-refractivity contribution in [2.45, 2.75) is 13.3 Å².